The first-order chi connectivity index (χ1) is 12.4. The highest BCUT2D eigenvalue weighted by atomic mass is 16.7. The van der Waals surface area contributed by atoms with E-state index in [9.17, 15) is 9.59 Å². The van der Waals surface area contributed by atoms with Crippen LogP contribution in [0, 0.1) is 5.41 Å². The van der Waals surface area contributed by atoms with Gasteiger partial charge < -0.3 is 15.4 Å². The second kappa shape index (κ2) is 16.4. The number of hydrogen-bond acceptors (Lipinski definition) is 6. The first-order valence-electron chi connectivity index (χ1n) is 9.42. The zero-order valence-corrected chi connectivity index (χ0v) is 16.1. The number of carbonyl (C=O) groups excluding carboxylic acids is 2. The Balaban J connectivity index is 3.62. The van der Waals surface area contributed by atoms with E-state index in [1.807, 2.05) is 0 Å². The van der Waals surface area contributed by atoms with Gasteiger partial charge in [0.2, 0.25) is 0 Å². The van der Waals surface area contributed by atoms with Gasteiger partial charge in [-0.05, 0) is 12.8 Å². The molecule has 0 heterocycles. The summed E-state index contributed by atoms with van der Waals surface area (Å²) in [5, 5.41) is 10.8. The van der Waals surface area contributed by atoms with Crippen molar-refractivity contribution in [2.24, 2.45) is 10.9 Å². The van der Waals surface area contributed by atoms with Crippen LogP contribution in [0.4, 0.5) is 0 Å². The average Bonchev–Trinajstić information content (AvgIpc) is 2.56. The second-order valence-corrected chi connectivity index (χ2v) is 6.38. The number of unbranched alkanes of at least 4 members (excludes halogenated alkanes) is 9. The first kappa shape index (κ1) is 23.9. The zero-order chi connectivity index (χ0) is 19.6. The maximum atomic E-state index is 10.8. The number of oxime groups is 1. The summed E-state index contributed by atoms with van der Waals surface area (Å²) in [6.07, 6.45) is 12.6. The number of nitrogens with one attached hydrogen (secondary N) is 2. The summed E-state index contributed by atoms with van der Waals surface area (Å²) in [6.45, 7) is 2.54. The van der Waals surface area contributed by atoms with E-state index in [0.29, 0.717) is 12.3 Å². The predicted octanol–water partition coefficient (Wildman–Crippen LogP) is 3.55. The Bertz CT molecular complexity index is 452. The molecule has 0 bridgehead atoms. The highest BCUT2D eigenvalue weighted by Gasteiger charge is 2.04. The van der Waals surface area contributed by atoms with E-state index in [1.165, 1.54) is 46.0 Å². The summed E-state index contributed by atoms with van der Waals surface area (Å²) in [5.74, 6) is -0.384. The predicted molar refractivity (Wildman–Crippen MR) is 101 cm³/mol. The van der Waals surface area contributed by atoms with E-state index >= 15 is 0 Å². The molecule has 26 heavy (non-hydrogen) atoms. The lowest BCUT2D eigenvalue weighted by Gasteiger charge is -2.07. The largest absolute Gasteiger partial charge is 0.388 e. The fraction of sp³-hybridized carbons (Fsp3) is 0.778. The molecule has 0 radical (unpaired) electrons. The van der Waals surface area contributed by atoms with E-state index in [0.717, 1.165) is 38.5 Å². The second-order valence-electron chi connectivity index (χ2n) is 6.38. The fourth-order valence-corrected chi connectivity index (χ4v) is 2.39. The van der Waals surface area contributed by atoms with Crippen molar-refractivity contribution in [1.29, 1.82) is 5.41 Å². The van der Waals surface area contributed by atoms with Crippen LogP contribution in [0.5, 0.6) is 0 Å². The number of nitrogens with zero attached hydrogens (tertiary/aromatic N) is 1. The number of hydrogen-bond donors (Lipinski definition) is 3. The van der Waals surface area contributed by atoms with Crippen molar-refractivity contribution in [3.63, 3.8) is 0 Å². The van der Waals surface area contributed by atoms with Crippen molar-refractivity contribution >= 4 is 23.6 Å². The number of hydroxylamine groups is 1. The van der Waals surface area contributed by atoms with Gasteiger partial charge in [-0.3, -0.25) is 10.2 Å². The Morgan fingerprint density at radius 2 is 1.31 bits per heavy atom. The van der Waals surface area contributed by atoms with Crippen LogP contribution in [0.1, 0.15) is 90.9 Å². The van der Waals surface area contributed by atoms with Crippen molar-refractivity contribution in [1.82, 2.24) is 5.48 Å². The third-order valence-electron chi connectivity index (χ3n) is 3.71. The van der Waals surface area contributed by atoms with Gasteiger partial charge in [0.1, 0.15) is 0 Å². The average molecular weight is 370 g/mol. The van der Waals surface area contributed by atoms with Crippen molar-refractivity contribution in [3.8, 4) is 0 Å². The molecule has 0 amide bonds. The third kappa shape index (κ3) is 18.2. The van der Waals surface area contributed by atoms with Gasteiger partial charge >= 0.3 is 11.9 Å². The van der Waals surface area contributed by atoms with E-state index in [4.69, 9.17) is 11.1 Å². The van der Waals surface area contributed by atoms with Gasteiger partial charge in [0.05, 0.1) is 5.84 Å². The van der Waals surface area contributed by atoms with Gasteiger partial charge in [-0.2, -0.15) is 0 Å². The number of amidine groups is 2. The van der Waals surface area contributed by atoms with Crippen LogP contribution in [0.15, 0.2) is 5.16 Å². The summed E-state index contributed by atoms with van der Waals surface area (Å²) in [5.41, 5.74) is 7.74. The Morgan fingerprint density at radius 3 is 1.73 bits per heavy atom. The summed E-state index contributed by atoms with van der Waals surface area (Å²) in [7, 11) is 0. The molecule has 0 rings (SSSR count). The maximum absolute atomic E-state index is 10.8. The van der Waals surface area contributed by atoms with Crippen molar-refractivity contribution in [3.05, 3.63) is 0 Å². The van der Waals surface area contributed by atoms with Gasteiger partial charge in [0.25, 0.3) is 0 Å². The Labute approximate surface area is 156 Å². The fourth-order valence-electron chi connectivity index (χ4n) is 2.39. The highest BCUT2D eigenvalue weighted by molar-refractivity contribution is 5.82. The standard InChI is InChI=1S/C18H34N4O4/c1-15(23)25-21-18(22-26-16(2)24)14-12-10-8-6-4-3-5-7-9-11-13-17(19)20/h3-14H2,1-2H3,(H3,19,20)(H,21,22). The molecular formula is C18H34N4O4. The maximum Gasteiger partial charge on any atom is 0.332 e. The molecule has 0 aliphatic heterocycles. The molecule has 0 aromatic carbocycles. The molecule has 4 N–H and O–H groups in total. The molecule has 0 saturated carbocycles. The Morgan fingerprint density at radius 1 is 0.846 bits per heavy atom. The number of rotatable bonds is 14. The molecule has 0 unspecified atom stereocenters. The third-order valence-corrected chi connectivity index (χ3v) is 3.71. The molecule has 0 atom stereocenters. The molecule has 0 aliphatic rings. The SMILES string of the molecule is CC(=O)ON=C(CCCCCCCCCCCCC(=N)N)NOC(C)=O. The number of carbonyl (C=O) groups is 2. The van der Waals surface area contributed by atoms with Crippen LogP contribution in [0.3, 0.4) is 0 Å². The van der Waals surface area contributed by atoms with E-state index in [2.05, 4.69) is 20.3 Å². The minimum atomic E-state index is -0.520. The van der Waals surface area contributed by atoms with Gasteiger partial charge in [0, 0.05) is 26.7 Å². The lowest BCUT2D eigenvalue weighted by Crippen LogP contribution is -2.26. The first-order valence-corrected chi connectivity index (χ1v) is 9.42. The quantitative estimate of drug-likeness (QED) is 0.141. The molecule has 0 fully saturated rings. The van der Waals surface area contributed by atoms with Crippen LogP contribution in [0.25, 0.3) is 0 Å². The molecule has 0 saturated heterocycles. The van der Waals surface area contributed by atoms with Gasteiger partial charge in [-0.1, -0.05) is 56.5 Å². The van der Waals surface area contributed by atoms with Crippen LogP contribution in [-0.4, -0.2) is 23.6 Å². The normalized spacial score (nSPS) is 11.1. The molecular weight excluding hydrogens is 336 g/mol. The molecule has 8 heteroatoms. The van der Waals surface area contributed by atoms with Crippen molar-refractivity contribution < 1.29 is 19.3 Å². The summed E-state index contributed by atoms with van der Waals surface area (Å²) >= 11 is 0. The highest BCUT2D eigenvalue weighted by Crippen LogP contribution is 2.12. The summed E-state index contributed by atoms with van der Waals surface area (Å²) < 4.78 is 0. The van der Waals surface area contributed by atoms with Crippen LogP contribution >= 0.6 is 0 Å². The van der Waals surface area contributed by atoms with Gasteiger partial charge in [-0.15, -0.1) is 0 Å². The molecule has 0 aromatic heterocycles. The minimum absolute atomic E-state index is 0.286. The van der Waals surface area contributed by atoms with E-state index < -0.39 is 11.9 Å². The topological polar surface area (TPSA) is 127 Å². The summed E-state index contributed by atoms with van der Waals surface area (Å²) in [4.78, 5) is 30.9. The molecule has 8 nitrogen and oxygen atoms in total. The van der Waals surface area contributed by atoms with Gasteiger partial charge in [-0.25, -0.2) is 10.3 Å². The van der Waals surface area contributed by atoms with Gasteiger partial charge in [0.15, 0.2) is 5.84 Å². The van der Waals surface area contributed by atoms with Crippen LogP contribution < -0.4 is 11.2 Å². The van der Waals surface area contributed by atoms with Crippen LogP contribution in [-0.2, 0) is 19.3 Å². The number of nitrogens with two attached hydrogens (primary N) is 1. The zero-order valence-electron chi connectivity index (χ0n) is 16.1. The smallest absolute Gasteiger partial charge is 0.332 e. The molecule has 0 aliphatic carbocycles. The minimum Gasteiger partial charge on any atom is -0.388 e. The lowest BCUT2D eigenvalue weighted by molar-refractivity contribution is -0.145. The van der Waals surface area contributed by atoms with E-state index in [1.54, 1.807) is 0 Å². The monoisotopic (exact) mass is 370 g/mol. The molecule has 0 aromatic rings. The Hall–Kier alpha value is -2.12. The van der Waals surface area contributed by atoms with Crippen molar-refractivity contribution in [2.45, 2.75) is 90.9 Å². The molecule has 150 valence electrons. The van der Waals surface area contributed by atoms with Crippen molar-refractivity contribution in [2.75, 3.05) is 0 Å². The lowest BCUT2D eigenvalue weighted by atomic mass is 10.0. The molecule has 0 spiro atoms. The van der Waals surface area contributed by atoms with E-state index in [-0.39, 0.29) is 5.84 Å². The Kier molecular flexibility index (Phi) is 15.0. The van der Waals surface area contributed by atoms with Crippen LogP contribution in [0.2, 0.25) is 0 Å². The summed E-state index contributed by atoms with van der Waals surface area (Å²) in [6, 6.07) is 0.